The van der Waals surface area contributed by atoms with Crippen molar-refractivity contribution >= 4 is 75.1 Å². The highest BCUT2D eigenvalue weighted by atomic mass is 79.9. The number of hydrogen-bond donors (Lipinski definition) is 1. The molecule has 2 aromatic carbocycles. The van der Waals surface area contributed by atoms with E-state index in [4.69, 9.17) is 0 Å². The summed E-state index contributed by atoms with van der Waals surface area (Å²) in [4.78, 5) is 0. The van der Waals surface area contributed by atoms with Gasteiger partial charge in [-0.1, -0.05) is 18.2 Å². The van der Waals surface area contributed by atoms with Crippen molar-refractivity contribution in [3.05, 3.63) is 54.3 Å². The Hall–Kier alpha value is 0.160. The highest BCUT2D eigenvalue weighted by molar-refractivity contribution is 9.15. The molecule has 0 radical (unpaired) electrons. The number of para-hydroxylation sites is 1. The van der Waals surface area contributed by atoms with E-state index in [-0.39, 0.29) is 0 Å². The molecule has 1 N–H and O–H groups in total. The molecular formula is C12H7Br4N. The SMILES string of the molecule is Brc1cc(Nc2ccccc2)c(Br)c(Br)c1Br. The second-order valence-corrected chi connectivity index (χ2v) is 6.57. The third-order valence-corrected chi connectivity index (χ3v) is 6.82. The van der Waals surface area contributed by atoms with Crippen molar-refractivity contribution in [3.63, 3.8) is 0 Å². The maximum atomic E-state index is 3.56. The molecule has 0 aromatic heterocycles. The highest BCUT2D eigenvalue weighted by Gasteiger charge is 2.11. The minimum atomic E-state index is 0.977. The molecule has 0 saturated heterocycles. The van der Waals surface area contributed by atoms with Crippen LogP contribution in [0.15, 0.2) is 54.3 Å². The van der Waals surface area contributed by atoms with Crippen molar-refractivity contribution in [2.75, 3.05) is 5.32 Å². The molecule has 0 atom stereocenters. The second kappa shape index (κ2) is 5.87. The molecule has 0 aliphatic heterocycles. The first-order valence-corrected chi connectivity index (χ1v) is 7.92. The smallest absolute Gasteiger partial charge is 0.0564 e. The van der Waals surface area contributed by atoms with Gasteiger partial charge >= 0.3 is 0 Å². The van der Waals surface area contributed by atoms with Gasteiger partial charge in [-0.2, -0.15) is 0 Å². The van der Waals surface area contributed by atoms with Gasteiger partial charge in [0.1, 0.15) is 0 Å². The number of anilines is 2. The molecule has 0 spiro atoms. The zero-order chi connectivity index (χ0) is 12.4. The van der Waals surface area contributed by atoms with E-state index in [1.807, 2.05) is 36.4 Å². The van der Waals surface area contributed by atoms with Crippen LogP contribution in [-0.2, 0) is 0 Å². The van der Waals surface area contributed by atoms with E-state index in [0.29, 0.717) is 0 Å². The summed E-state index contributed by atoms with van der Waals surface area (Å²) in [6.07, 6.45) is 0. The number of nitrogens with one attached hydrogen (secondary N) is 1. The summed E-state index contributed by atoms with van der Waals surface area (Å²) in [5.41, 5.74) is 2.05. The van der Waals surface area contributed by atoms with Gasteiger partial charge in [0.2, 0.25) is 0 Å². The number of rotatable bonds is 2. The average molecular weight is 485 g/mol. The molecule has 1 nitrogen and oxygen atoms in total. The number of halogens is 4. The predicted octanol–water partition coefficient (Wildman–Crippen LogP) is 6.48. The molecule has 5 heteroatoms. The lowest BCUT2D eigenvalue weighted by Crippen LogP contribution is -1.92. The Balaban J connectivity index is 2.41. The molecule has 0 saturated carbocycles. The van der Waals surface area contributed by atoms with Crippen molar-refractivity contribution in [1.82, 2.24) is 0 Å². The van der Waals surface area contributed by atoms with Gasteiger partial charge in [-0.05, 0) is 81.9 Å². The van der Waals surface area contributed by atoms with E-state index in [9.17, 15) is 0 Å². The van der Waals surface area contributed by atoms with Gasteiger partial charge in [0.05, 0.1) is 10.2 Å². The molecule has 0 bridgehead atoms. The van der Waals surface area contributed by atoms with E-state index < -0.39 is 0 Å². The van der Waals surface area contributed by atoms with Crippen LogP contribution < -0.4 is 5.32 Å². The van der Waals surface area contributed by atoms with Crippen molar-refractivity contribution in [2.45, 2.75) is 0 Å². The number of benzene rings is 2. The minimum Gasteiger partial charge on any atom is -0.355 e. The van der Waals surface area contributed by atoms with E-state index in [1.54, 1.807) is 0 Å². The quantitative estimate of drug-likeness (QED) is 0.380. The second-order valence-electron chi connectivity index (χ2n) is 3.34. The Morgan fingerprint density at radius 2 is 1.41 bits per heavy atom. The van der Waals surface area contributed by atoms with Gasteiger partial charge in [0.15, 0.2) is 0 Å². The maximum absolute atomic E-state index is 3.56. The van der Waals surface area contributed by atoms with Crippen LogP contribution >= 0.6 is 63.7 Å². The molecule has 88 valence electrons. The first-order chi connectivity index (χ1) is 8.09. The van der Waals surface area contributed by atoms with E-state index in [2.05, 4.69) is 69.0 Å². The zero-order valence-corrected chi connectivity index (χ0v) is 14.8. The number of hydrogen-bond acceptors (Lipinski definition) is 1. The van der Waals surface area contributed by atoms with Crippen molar-refractivity contribution in [3.8, 4) is 0 Å². The van der Waals surface area contributed by atoms with Crippen molar-refractivity contribution in [2.24, 2.45) is 0 Å². The third kappa shape index (κ3) is 3.13. The Bertz CT molecular complexity index is 540. The van der Waals surface area contributed by atoms with Crippen LogP contribution in [0.25, 0.3) is 0 Å². The topological polar surface area (TPSA) is 12.0 Å². The average Bonchev–Trinajstić information content (AvgIpc) is 2.35. The first-order valence-electron chi connectivity index (χ1n) is 4.74. The molecule has 0 amide bonds. The van der Waals surface area contributed by atoms with Crippen molar-refractivity contribution < 1.29 is 0 Å². The molecule has 0 aliphatic carbocycles. The van der Waals surface area contributed by atoms with Gasteiger partial charge in [0, 0.05) is 19.1 Å². The fraction of sp³-hybridized carbons (Fsp3) is 0. The molecule has 17 heavy (non-hydrogen) atoms. The summed E-state index contributed by atoms with van der Waals surface area (Å²) < 4.78 is 3.94. The first kappa shape index (κ1) is 13.6. The zero-order valence-electron chi connectivity index (χ0n) is 8.48. The van der Waals surface area contributed by atoms with Gasteiger partial charge in [-0.15, -0.1) is 0 Å². The summed E-state index contributed by atoms with van der Waals surface area (Å²) in [7, 11) is 0. The van der Waals surface area contributed by atoms with Crippen LogP contribution in [0, 0.1) is 0 Å². The molecule has 2 aromatic rings. The lowest BCUT2D eigenvalue weighted by Gasteiger charge is -2.12. The normalized spacial score (nSPS) is 10.4. The summed E-state index contributed by atoms with van der Waals surface area (Å²) >= 11 is 14.1. The lowest BCUT2D eigenvalue weighted by atomic mass is 10.3. The van der Waals surface area contributed by atoms with E-state index in [0.717, 1.165) is 29.3 Å². The van der Waals surface area contributed by atoms with Crippen LogP contribution in [0.3, 0.4) is 0 Å². The third-order valence-electron chi connectivity index (χ3n) is 2.16. The fourth-order valence-corrected chi connectivity index (χ4v) is 3.45. The summed E-state index contributed by atoms with van der Waals surface area (Å²) in [6.45, 7) is 0. The largest absolute Gasteiger partial charge is 0.355 e. The predicted molar refractivity (Wildman–Crippen MR) is 87.0 cm³/mol. The standard InChI is InChI=1S/C12H7Br4N/c13-8-6-9(11(15)12(16)10(8)14)17-7-4-2-1-3-5-7/h1-6,17H. The Labute approximate surface area is 134 Å². The molecule has 2 rings (SSSR count). The van der Waals surface area contributed by atoms with Crippen LogP contribution in [0.4, 0.5) is 11.4 Å². The van der Waals surface area contributed by atoms with Crippen LogP contribution in [-0.4, -0.2) is 0 Å². The van der Waals surface area contributed by atoms with E-state index >= 15 is 0 Å². The monoisotopic (exact) mass is 481 g/mol. The van der Waals surface area contributed by atoms with E-state index in [1.165, 1.54) is 0 Å². The Kier molecular flexibility index (Phi) is 4.69. The van der Waals surface area contributed by atoms with Crippen molar-refractivity contribution in [1.29, 1.82) is 0 Å². The molecule has 0 unspecified atom stereocenters. The summed E-state index contributed by atoms with van der Waals surface area (Å²) in [5, 5.41) is 3.35. The Morgan fingerprint density at radius 1 is 0.765 bits per heavy atom. The van der Waals surface area contributed by atoms with Gasteiger partial charge in [-0.25, -0.2) is 0 Å². The van der Waals surface area contributed by atoms with Gasteiger partial charge in [0.25, 0.3) is 0 Å². The van der Waals surface area contributed by atoms with Crippen LogP contribution in [0.5, 0.6) is 0 Å². The molecule has 0 heterocycles. The fourth-order valence-electron chi connectivity index (χ4n) is 1.34. The van der Waals surface area contributed by atoms with Crippen LogP contribution in [0.2, 0.25) is 0 Å². The maximum Gasteiger partial charge on any atom is 0.0564 e. The van der Waals surface area contributed by atoms with Gasteiger partial charge in [-0.3, -0.25) is 0 Å². The Morgan fingerprint density at radius 3 is 2.06 bits per heavy atom. The highest BCUT2D eigenvalue weighted by Crippen LogP contribution is 2.42. The minimum absolute atomic E-state index is 0.977. The lowest BCUT2D eigenvalue weighted by molar-refractivity contribution is 1.45. The summed E-state index contributed by atoms with van der Waals surface area (Å²) in [5.74, 6) is 0. The molecule has 0 aliphatic rings. The summed E-state index contributed by atoms with van der Waals surface area (Å²) in [6, 6.07) is 12.1. The van der Waals surface area contributed by atoms with Crippen LogP contribution in [0.1, 0.15) is 0 Å². The van der Waals surface area contributed by atoms with Gasteiger partial charge < -0.3 is 5.32 Å². The molecule has 0 fully saturated rings. The molecular weight excluding hydrogens is 478 g/mol.